The van der Waals surface area contributed by atoms with Crippen LogP contribution in [0.1, 0.15) is 25.3 Å². The van der Waals surface area contributed by atoms with Crippen molar-refractivity contribution in [3.8, 4) is 11.8 Å². The van der Waals surface area contributed by atoms with Gasteiger partial charge >= 0.3 is 6.09 Å². The Morgan fingerprint density at radius 2 is 1.90 bits per heavy atom. The molecule has 4 nitrogen and oxygen atoms in total. The van der Waals surface area contributed by atoms with E-state index < -0.39 is 11.7 Å². The SMILES string of the molecule is CC(O)(C#Cc1ccccc1)C1CCN(C(=O)O)CC1. The third-order valence-corrected chi connectivity index (χ3v) is 3.79. The highest BCUT2D eigenvalue weighted by molar-refractivity contribution is 5.65. The van der Waals surface area contributed by atoms with E-state index in [2.05, 4.69) is 11.8 Å². The number of likely N-dealkylation sites (tertiary alicyclic amines) is 1. The van der Waals surface area contributed by atoms with Gasteiger partial charge in [-0.1, -0.05) is 30.0 Å². The summed E-state index contributed by atoms with van der Waals surface area (Å²) < 4.78 is 0. The normalized spacial score (nSPS) is 18.8. The zero-order valence-corrected chi connectivity index (χ0v) is 11.5. The number of nitrogens with zero attached hydrogens (tertiary/aromatic N) is 1. The first-order chi connectivity index (χ1) is 9.49. The van der Waals surface area contributed by atoms with Crippen LogP contribution in [0.2, 0.25) is 0 Å². The molecule has 1 heterocycles. The highest BCUT2D eigenvalue weighted by Gasteiger charge is 2.34. The van der Waals surface area contributed by atoms with Crippen molar-refractivity contribution in [3.05, 3.63) is 35.9 Å². The van der Waals surface area contributed by atoms with Gasteiger partial charge in [0.1, 0.15) is 5.60 Å². The van der Waals surface area contributed by atoms with Crippen molar-refractivity contribution in [1.29, 1.82) is 0 Å². The minimum absolute atomic E-state index is 0.00862. The van der Waals surface area contributed by atoms with Crippen LogP contribution in [0.4, 0.5) is 4.79 Å². The Bertz CT molecular complexity index is 520. The molecule has 1 aliphatic heterocycles. The Hall–Kier alpha value is -1.99. The zero-order chi connectivity index (χ0) is 14.6. The van der Waals surface area contributed by atoms with Crippen molar-refractivity contribution in [3.63, 3.8) is 0 Å². The summed E-state index contributed by atoms with van der Waals surface area (Å²) in [4.78, 5) is 12.2. The van der Waals surface area contributed by atoms with Crippen molar-refractivity contribution in [2.75, 3.05) is 13.1 Å². The summed E-state index contributed by atoms with van der Waals surface area (Å²) in [6.07, 6.45) is 0.393. The van der Waals surface area contributed by atoms with Crippen LogP contribution in [0.15, 0.2) is 30.3 Å². The van der Waals surface area contributed by atoms with Crippen molar-refractivity contribution in [2.24, 2.45) is 5.92 Å². The van der Waals surface area contributed by atoms with Gasteiger partial charge in [-0.15, -0.1) is 0 Å². The van der Waals surface area contributed by atoms with Crippen molar-refractivity contribution < 1.29 is 15.0 Å². The minimum atomic E-state index is -1.08. The molecule has 0 saturated carbocycles. The summed E-state index contributed by atoms with van der Waals surface area (Å²) in [7, 11) is 0. The summed E-state index contributed by atoms with van der Waals surface area (Å²) >= 11 is 0. The molecule has 1 fully saturated rings. The molecule has 1 unspecified atom stereocenters. The van der Waals surface area contributed by atoms with Crippen molar-refractivity contribution in [2.45, 2.75) is 25.4 Å². The molecule has 1 amide bonds. The smallest absolute Gasteiger partial charge is 0.407 e. The van der Waals surface area contributed by atoms with Crippen molar-refractivity contribution in [1.82, 2.24) is 4.90 Å². The molecular weight excluding hydrogens is 254 g/mol. The summed E-state index contributed by atoms with van der Waals surface area (Å²) in [6.45, 7) is 2.64. The van der Waals surface area contributed by atoms with E-state index in [-0.39, 0.29) is 5.92 Å². The quantitative estimate of drug-likeness (QED) is 0.771. The van der Waals surface area contributed by atoms with Crippen LogP contribution in [0.3, 0.4) is 0 Å². The predicted octanol–water partition coefficient (Wildman–Crippen LogP) is 2.18. The molecular formula is C16H19NO3. The van der Waals surface area contributed by atoms with Gasteiger partial charge in [0.2, 0.25) is 0 Å². The summed E-state index contributed by atoms with van der Waals surface area (Å²) in [6, 6.07) is 9.53. The molecule has 0 aliphatic carbocycles. The van der Waals surface area contributed by atoms with Crippen LogP contribution in [0, 0.1) is 17.8 Å². The molecule has 1 saturated heterocycles. The Balaban J connectivity index is 2.01. The lowest BCUT2D eigenvalue weighted by atomic mass is 9.82. The van der Waals surface area contributed by atoms with E-state index in [1.54, 1.807) is 6.92 Å². The molecule has 1 aromatic carbocycles. The molecule has 0 spiro atoms. The Morgan fingerprint density at radius 3 is 2.45 bits per heavy atom. The van der Waals surface area contributed by atoms with Crippen LogP contribution in [-0.4, -0.2) is 39.9 Å². The van der Waals surface area contributed by atoms with E-state index in [4.69, 9.17) is 5.11 Å². The van der Waals surface area contributed by atoms with Crippen molar-refractivity contribution >= 4 is 6.09 Å². The number of rotatable bonds is 1. The first-order valence-corrected chi connectivity index (χ1v) is 6.77. The average molecular weight is 273 g/mol. The first kappa shape index (κ1) is 14.4. The molecule has 0 bridgehead atoms. The topological polar surface area (TPSA) is 60.8 Å². The Morgan fingerprint density at radius 1 is 1.30 bits per heavy atom. The maximum absolute atomic E-state index is 10.9. The standard InChI is InChI=1S/C16H19NO3/c1-16(20,10-7-13-5-3-2-4-6-13)14-8-11-17(12-9-14)15(18)19/h2-6,14,20H,8-9,11-12H2,1H3,(H,18,19). The van der Waals surface area contributed by atoms with E-state index in [0.717, 1.165) is 5.56 Å². The lowest BCUT2D eigenvalue weighted by Crippen LogP contribution is -2.44. The number of carbonyl (C=O) groups is 1. The number of aliphatic hydroxyl groups is 1. The summed E-state index contributed by atoms with van der Waals surface area (Å²) in [5.74, 6) is 5.92. The van der Waals surface area contributed by atoms with Crippen LogP contribution in [0.5, 0.6) is 0 Å². The number of piperidine rings is 1. The van der Waals surface area contributed by atoms with Gasteiger partial charge in [0.05, 0.1) is 0 Å². The van der Waals surface area contributed by atoms with E-state index in [0.29, 0.717) is 25.9 Å². The number of benzene rings is 1. The average Bonchev–Trinajstić information content (AvgIpc) is 2.46. The maximum Gasteiger partial charge on any atom is 0.407 e. The van der Waals surface area contributed by atoms with Gasteiger partial charge < -0.3 is 15.1 Å². The Kier molecular flexibility index (Phi) is 4.31. The largest absolute Gasteiger partial charge is 0.465 e. The van der Waals surface area contributed by atoms with Gasteiger partial charge in [0.15, 0.2) is 0 Å². The van der Waals surface area contributed by atoms with Crippen LogP contribution < -0.4 is 0 Å². The zero-order valence-electron chi connectivity index (χ0n) is 11.5. The van der Waals surface area contributed by atoms with Gasteiger partial charge in [-0.25, -0.2) is 4.79 Å². The fourth-order valence-electron chi connectivity index (χ4n) is 2.46. The highest BCUT2D eigenvalue weighted by atomic mass is 16.4. The molecule has 4 heteroatoms. The molecule has 0 radical (unpaired) electrons. The van der Waals surface area contributed by atoms with Gasteiger partial charge in [-0.05, 0) is 31.9 Å². The third kappa shape index (κ3) is 3.52. The number of hydrogen-bond donors (Lipinski definition) is 2. The van der Waals surface area contributed by atoms with E-state index in [9.17, 15) is 9.90 Å². The lowest BCUT2D eigenvalue weighted by molar-refractivity contribution is 0.0205. The molecule has 1 aliphatic rings. The minimum Gasteiger partial charge on any atom is -0.465 e. The second-order valence-corrected chi connectivity index (χ2v) is 5.31. The number of hydrogen-bond acceptors (Lipinski definition) is 2. The van der Waals surface area contributed by atoms with Crippen LogP contribution in [0.25, 0.3) is 0 Å². The number of carboxylic acid groups (broad SMARTS) is 1. The molecule has 2 rings (SSSR count). The molecule has 1 aromatic rings. The van der Waals surface area contributed by atoms with Crippen LogP contribution >= 0.6 is 0 Å². The number of amides is 1. The fraction of sp³-hybridized carbons (Fsp3) is 0.438. The molecule has 20 heavy (non-hydrogen) atoms. The van der Waals surface area contributed by atoms with Gasteiger partial charge in [0, 0.05) is 24.6 Å². The Labute approximate surface area is 119 Å². The van der Waals surface area contributed by atoms with E-state index >= 15 is 0 Å². The molecule has 106 valence electrons. The van der Waals surface area contributed by atoms with Gasteiger partial charge in [-0.2, -0.15) is 0 Å². The molecule has 1 atom stereocenters. The molecule has 2 N–H and O–H groups in total. The summed E-state index contributed by atoms with van der Waals surface area (Å²) in [5, 5.41) is 19.4. The second kappa shape index (κ2) is 5.98. The van der Waals surface area contributed by atoms with E-state index in [1.165, 1.54) is 4.90 Å². The van der Waals surface area contributed by atoms with Gasteiger partial charge in [-0.3, -0.25) is 0 Å². The first-order valence-electron chi connectivity index (χ1n) is 6.77. The third-order valence-electron chi connectivity index (χ3n) is 3.79. The van der Waals surface area contributed by atoms with Gasteiger partial charge in [0.25, 0.3) is 0 Å². The highest BCUT2D eigenvalue weighted by Crippen LogP contribution is 2.28. The second-order valence-electron chi connectivity index (χ2n) is 5.31. The molecule has 0 aromatic heterocycles. The predicted molar refractivity (Wildman–Crippen MR) is 76.3 cm³/mol. The van der Waals surface area contributed by atoms with Crippen LogP contribution in [-0.2, 0) is 0 Å². The van der Waals surface area contributed by atoms with E-state index in [1.807, 2.05) is 30.3 Å². The lowest BCUT2D eigenvalue weighted by Gasteiger charge is -2.35. The summed E-state index contributed by atoms with van der Waals surface area (Å²) in [5.41, 5.74) is -0.212. The maximum atomic E-state index is 10.9. The fourth-order valence-corrected chi connectivity index (χ4v) is 2.46. The monoisotopic (exact) mass is 273 g/mol.